The Bertz CT molecular complexity index is 539. The van der Waals surface area contributed by atoms with Crippen LogP contribution in [0.3, 0.4) is 0 Å². The molecule has 1 aromatic rings. The molecule has 1 aliphatic rings. The second-order valence-electron chi connectivity index (χ2n) is 6.19. The normalized spacial score (nSPS) is 15.7. The van der Waals surface area contributed by atoms with Crippen LogP contribution in [0.25, 0.3) is 0 Å². The Morgan fingerprint density at radius 3 is 2.39 bits per heavy atom. The van der Waals surface area contributed by atoms with Crippen LogP contribution in [0.5, 0.6) is 5.75 Å². The highest BCUT2D eigenvalue weighted by atomic mass is 16.5. The second-order valence-corrected chi connectivity index (χ2v) is 6.19. The highest BCUT2D eigenvalue weighted by Crippen LogP contribution is 2.12. The molecule has 1 aromatic carbocycles. The highest BCUT2D eigenvalue weighted by Gasteiger charge is 2.26. The van der Waals surface area contributed by atoms with Gasteiger partial charge in [0.15, 0.2) is 0 Å². The van der Waals surface area contributed by atoms with Crippen molar-refractivity contribution >= 4 is 11.8 Å². The van der Waals surface area contributed by atoms with Gasteiger partial charge in [0, 0.05) is 31.1 Å². The number of amides is 2. The van der Waals surface area contributed by atoms with Crippen molar-refractivity contribution in [2.24, 2.45) is 11.8 Å². The molecule has 2 rings (SSSR count). The Labute approximate surface area is 137 Å². The van der Waals surface area contributed by atoms with Gasteiger partial charge in [-0.25, -0.2) is 0 Å². The van der Waals surface area contributed by atoms with Gasteiger partial charge in [0.05, 0.1) is 7.11 Å². The summed E-state index contributed by atoms with van der Waals surface area (Å²) in [6, 6.07) is 6.27. The number of hydrogen-bond acceptors (Lipinski definition) is 4. The van der Waals surface area contributed by atoms with E-state index in [2.05, 4.69) is 16.0 Å². The minimum absolute atomic E-state index is 0.0108. The third-order valence-corrected chi connectivity index (χ3v) is 4.02. The van der Waals surface area contributed by atoms with Crippen molar-refractivity contribution in [1.82, 2.24) is 16.0 Å². The van der Waals surface area contributed by atoms with Crippen LogP contribution in [-0.2, 0) is 4.79 Å². The van der Waals surface area contributed by atoms with Crippen LogP contribution in [0.1, 0.15) is 24.2 Å². The van der Waals surface area contributed by atoms with Gasteiger partial charge in [-0.1, -0.05) is 13.8 Å². The van der Waals surface area contributed by atoms with Gasteiger partial charge in [-0.15, -0.1) is 0 Å². The van der Waals surface area contributed by atoms with Gasteiger partial charge in [0.2, 0.25) is 5.91 Å². The van der Waals surface area contributed by atoms with E-state index in [1.165, 1.54) is 0 Å². The quantitative estimate of drug-likeness (QED) is 0.694. The van der Waals surface area contributed by atoms with E-state index in [-0.39, 0.29) is 17.7 Å². The predicted octanol–water partition coefficient (Wildman–Crippen LogP) is 0.785. The molecular formula is C17H25N3O3. The minimum atomic E-state index is -0.544. The van der Waals surface area contributed by atoms with Crippen molar-refractivity contribution in [3.05, 3.63) is 29.8 Å². The number of ether oxygens (including phenoxy) is 1. The number of hydrogen-bond donors (Lipinski definition) is 3. The lowest BCUT2D eigenvalue weighted by Crippen LogP contribution is -2.53. The number of benzene rings is 1. The third-order valence-electron chi connectivity index (χ3n) is 4.02. The van der Waals surface area contributed by atoms with Gasteiger partial charge >= 0.3 is 0 Å². The number of nitrogens with one attached hydrogen (secondary N) is 3. The molecule has 1 unspecified atom stereocenters. The van der Waals surface area contributed by atoms with E-state index < -0.39 is 6.04 Å². The van der Waals surface area contributed by atoms with Crippen LogP contribution in [-0.4, -0.2) is 44.6 Å². The van der Waals surface area contributed by atoms with Gasteiger partial charge in [-0.3, -0.25) is 9.59 Å². The second kappa shape index (κ2) is 7.97. The Morgan fingerprint density at radius 1 is 1.26 bits per heavy atom. The highest BCUT2D eigenvalue weighted by molar-refractivity contribution is 5.97. The van der Waals surface area contributed by atoms with E-state index in [9.17, 15) is 9.59 Å². The lowest BCUT2D eigenvalue weighted by Gasteiger charge is -2.29. The smallest absolute Gasteiger partial charge is 0.251 e. The molecule has 1 fully saturated rings. The van der Waals surface area contributed by atoms with Crippen molar-refractivity contribution in [3.8, 4) is 5.75 Å². The molecule has 0 aromatic heterocycles. The van der Waals surface area contributed by atoms with E-state index in [4.69, 9.17) is 4.74 Å². The summed E-state index contributed by atoms with van der Waals surface area (Å²) in [5.41, 5.74) is 0.507. The summed E-state index contributed by atoms with van der Waals surface area (Å²) in [6.45, 7) is 6.36. The molecule has 126 valence electrons. The summed E-state index contributed by atoms with van der Waals surface area (Å²) < 4.78 is 5.08. The minimum Gasteiger partial charge on any atom is -0.497 e. The molecule has 0 radical (unpaired) electrons. The summed E-state index contributed by atoms with van der Waals surface area (Å²) >= 11 is 0. The largest absolute Gasteiger partial charge is 0.497 e. The van der Waals surface area contributed by atoms with Gasteiger partial charge in [-0.2, -0.15) is 0 Å². The number of methoxy groups -OCH3 is 1. The Kier molecular flexibility index (Phi) is 5.98. The molecule has 2 amide bonds. The van der Waals surface area contributed by atoms with Crippen LogP contribution in [0.15, 0.2) is 24.3 Å². The van der Waals surface area contributed by atoms with Crippen LogP contribution in [0.2, 0.25) is 0 Å². The van der Waals surface area contributed by atoms with Crippen molar-refractivity contribution < 1.29 is 14.3 Å². The maximum Gasteiger partial charge on any atom is 0.251 e. The van der Waals surface area contributed by atoms with Crippen molar-refractivity contribution in [2.45, 2.75) is 19.9 Å². The van der Waals surface area contributed by atoms with Crippen LogP contribution < -0.4 is 20.7 Å². The molecule has 1 heterocycles. The fourth-order valence-corrected chi connectivity index (χ4v) is 2.35. The van der Waals surface area contributed by atoms with Crippen LogP contribution >= 0.6 is 0 Å². The van der Waals surface area contributed by atoms with Crippen molar-refractivity contribution in [2.75, 3.05) is 26.7 Å². The maximum atomic E-state index is 12.3. The first-order chi connectivity index (χ1) is 11.0. The van der Waals surface area contributed by atoms with Gasteiger partial charge in [-0.05, 0) is 30.2 Å². The Hall–Kier alpha value is -2.08. The fraction of sp³-hybridized carbons (Fsp3) is 0.529. The SMILES string of the molecule is COc1ccc(C(=O)NC(C(=O)NCC2CNC2)C(C)C)cc1. The number of rotatable bonds is 7. The topological polar surface area (TPSA) is 79.5 Å². The fourth-order valence-electron chi connectivity index (χ4n) is 2.35. The van der Waals surface area contributed by atoms with E-state index in [1.807, 2.05) is 13.8 Å². The molecule has 0 bridgehead atoms. The summed E-state index contributed by atoms with van der Waals surface area (Å²) in [5, 5.41) is 8.92. The third kappa shape index (κ3) is 4.69. The molecule has 6 nitrogen and oxygen atoms in total. The lowest BCUT2D eigenvalue weighted by molar-refractivity contribution is -0.124. The summed E-state index contributed by atoms with van der Waals surface area (Å²) in [4.78, 5) is 24.7. The lowest BCUT2D eigenvalue weighted by atomic mass is 10.0. The van der Waals surface area contributed by atoms with E-state index in [0.717, 1.165) is 13.1 Å². The standard InChI is InChI=1S/C17H25N3O3/c1-11(2)15(17(22)19-10-12-8-18-9-12)20-16(21)13-4-6-14(23-3)7-5-13/h4-7,11-12,15,18H,8-10H2,1-3H3,(H,19,22)(H,20,21). The van der Waals surface area contributed by atoms with Crippen molar-refractivity contribution in [3.63, 3.8) is 0 Å². The number of carbonyl (C=O) groups is 2. The van der Waals surface area contributed by atoms with Crippen LogP contribution in [0, 0.1) is 11.8 Å². The van der Waals surface area contributed by atoms with Gasteiger partial charge in [0.25, 0.3) is 5.91 Å². The zero-order valence-electron chi connectivity index (χ0n) is 13.9. The monoisotopic (exact) mass is 319 g/mol. The first kappa shape index (κ1) is 17.3. The average molecular weight is 319 g/mol. The molecular weight excluding hydrogens is 294 g/mol. The maximum absolute atomic E-state index is 12.3. The zero-order chi connectivity index (χ0) is 16.8. The molecule has 23 heavy (non-hydrogen) atoms. The molecule has 1 aliphatic heterocycles. The van der Waals surface area contributed by atoms with Gasteiger partial charge in [0.1, 0.15) is 11.8 Å². The first-order valence-electron chi connectivity index (χ1n) is 7.94. The van der Waals surface area contributed by atoms with E-state index in [1.54, 1.807) is 31.4 Å². The Balaban J connectivity index is 1.93. The molecule has 3 N–H and O–H groups in total. The van der Waals surface area contributed by atoms with E-state index >= 15 is 0 Å². The van der Waals surface area contributed by atoms with E-state index in [0.29, 0.717) is 23.8 Å². The summed E-state index contributed by atoms with van der Waals surface area (Å²) in [6.07, 6.45) is 0. The molecule has 0 aliphatic carbocycles. The predicted molar refractivity (Wildman–Crippen MR) is 88.5 cm³/mol. The first-order valence-corrected chi connectivity index (χ1v) is 7.94. The number of carbonyl (C=O) groups excluding carboxylic acids is 2. The van der Waals surface area contributed by atoms with Crippen molar-refractivity contribution in [1.29, 1.82) is 0 Å². The van der Waals surface area contributed by atoms with Gasteiger partial charge < -0.3 is 20.7 Å². The average Bonchev–Trinajstić information content (AvgIpc) is 2.50. The van der Waals surface area contributed by atoms with Crippen LogP contribution in [0.4, 0.5) is 0 Å². The molecule has 1 atom stereocenters. The summed E-state index contributed by atoms with van der Waals surface area (Å²) in [7, 11) is 1.58. The molecule has 0 spiro atoms. The Morgan fingerprint density at radius 2 is 1.91 bits per heavy atom. The summed E-state index contributed by atoms with van der Waals surface area (Å²) in [5.74, 6) is 0.801. The molecule has 6 heteroatoms. The molecule has 1 saturated heterocycles. The zero-order valence-corrected chi connectivity index (χ0v) is 13.9. The molecule has 0 saturated carbocycles.